The first-order valence-electron chi connectivity index (χ1n) is 4.85. The minimum Gasteiger partial charge on any atom is -0.232 e. The molecule has 0 atom stereocenters. The first-order chi connectivity index (χ1) is 7.79. The standard InChI is InChI=1S/C12H11N2O2/c15-13(11-7-3-1-4-8-11)14(16)12-9-5-2-6-10-12/h1-10,15H/q+1. The lowest BCUT2D eigenvalue weighted by atomic mass is 10.3. The predicted octanol–water partition coefficient (Wildman–Crippen LogP) is 2.91. The van der Waals surface area contributed by atoms with E-state index in [1.54, 1.807) is 48.5 Å². The SMILES string of the molecule is O=[N+](c1ccccc1)N(O)c1ccccc1. The molecule has 16 heavy (non-hydrogen) atoms. The lowest BCUT2D eigenvalue weighted by Gasteiger charge is -2.04. The van der Waals surface area contributed by atoms with Crippen molar-refractivity contribution in [3.05, 3.63) is 65.6 Å². The zero-order chi connectivity index (χ0) is 11.4. The first kappa shape index (κ1) is 10.3. The zero-order valence-electron chi connectivity index (χ0n) is 8.52. The van der Waals surface area contributed by atoms with E-state index >= 15 is 0 Å². The van der Waals surface area contributed by atoms with E-state index in [1.807, 2.05) is 12.1 Å². The summed E-state index contributed by atoms with van der Waals surface area (Å²) in [4.78, 5) is 12.2. The fourth-order valence-corrected chi connectivity index (χ4v) is 1.33. The fourth-order valence-electron chi connectivity index (χ4n) is 1.33. The Morgan fingerprint density at radius 2 is 1.38 bits per heavy atom. The van der Waals surface area contributed by atoms with Crippen molar-refractivity contribution in [2.24, 2.45) is 0 Å². The number of hydrogen-bond donors (Lipinski definition) is 1. The summed E-state index contributed by atoms with van der Waals surface area (Å²) in [5.74, 6) is 0. The Bertz CT molecular complexity index is 471. The second kappa shape index (κ2) is 4.55. The van der Waals surface area contributed by atoms with Crippen LogP contribution in [-0.4, -0.2) is 10.1 Å². The van der Waals surface area contributed by atoms with E-state index in [1.165, 1.54) is 0 Å². The van der Waals surface area contributed by atoms with Gasteiger partial charge in [-0.2, -0.15) is 0 Å². The normalized spacial score (nSPS) is 9.81. The van der Waals surface area contributed by atoms with Crippen LogP contribution in [0.1, 0.15) is 0 Å². The van der Waals surface area contributed by atoms with E-state index in [9.17, 15) is 10.1 Å². The smallest absolute Gasteiger partial charge is 0.232 e. The summed E-state index contributed by atoms with van der Waals surface area (Å²) in [5, 5.41) is 10.3. The zero-order valence-corrected chi connectivity index (χ0v) is 8.52. The topological polar surface area (TPSA) is 43.5 Å². The van der Waals surface area contributed by atoms with Crippen LogP contribution in [0.4, 0.5) is 11.4 Å². The van der Waals surface area contributed by atoms with Crippen LogP contribution in [0.5, 0.6) is 0 Å². The van der Waals surface area contributed by atoms with Gasteiger partial charge in [-0.25, -0.2) is 5.21 Å². The number of hydrazine groups is 1. The van der Waals surface area contributed by atoms with Crippen molar-refractivity contribution in [1.82, 2.24) is 0 Å². The summed E-state index contributed by atoms with van der Waals surface area (Å²) in [7, 11) is 0. The summed E-state index contributed by atoms with van der Waals surface area (Å²) in [5.41, 5.74) is 0.787. The molecule has 0 unspecified atom stereocenters. The lowest BCUT2D eigenvalue weighted by molar-refractivity contribution is -0.526. The average molecular weight is 215 g/mol. The maximum absolute atomic E-state index is 11.7. The molecule has 1 N–H and O–H groups in total. The predicted molar refractivity (Wildman–Crippen MR) is 60.4 cm³/mol. The van der Waals surface area contributed by atoms with Crippen LogP contribution >= 0.6 is 0 Å². The minimum absolute atomic E-state index is 0.369. The Morgan fingerprint density at radius 3 is 1.94 bits per heavy atom. The Kier molecular flexibility index (Phi) is 2.93. The second-order valence-electron chi connectivity index (χ2n) is 3.23. The van der Waals surface area contributed by atoms with Gasteiger partial charge < -0.3 is 0 Å². The molecule has 0 spiro atoms. The fraction of sp³-hybridized carbons (Fsp3) is 0. The number of para-hydroxylation sites is 2. The van der Waals surface area contributed by atoms with Crippen LogP contribution in [-0.2, 0) is 0 Å². The molecule has 4 heteroatoms. The molecule has 0 amide bonds. The molecule has 0 saturated heterocycles. The average Bonchev–Trinajstić information content (AvgIpc) is 2.39. The van der Waals surface area contributed by atoms with Crippen LogP contribution in [0.3, 0.4) is 0 Å². The van der Waals surface area contributed by atoms with Crippen molar-refractivity contribution in [1.29, 1.82) is 0 Å². The number of nitroso groups, excluding NO2 is 1. The summed E-state index contributed by atoms with van der Waals surface area (Å²) < 4.78 is 0. The van der Waals surface area contributed by atoms with Crippen molar-refractivity contribution in [3.63, 3.8) is 0 Å². The largest absolute Gasteiger partial charge is 0.295 e. The summed E-state index contributed by atoms with van der Waals surface area (Å²) in [6.07, 6.45) is 0. The number of hydrogen-bond acceptors (Lipinski definition) is 2. The molecule has 80 valence electrons. The molecule has 2 aromatic rings. The first-order valence-corrected chi connectivity index (χ1v) is 4.85. The molecule has 0 bridgehead atoms. The van der Waals surface area contributed by atoms with Crippen molar-refractivity contribution < 1.29 is 10.1 Å². The van der Waals surface area contributed by atoms with Gasteiger partial charge in [-0.1, -0.05) is 36.4 Å². The van der Waals surface area contributed by atoms with E-state index in [2.05, 4.69) is 0 Å². The van der Waals surface area contributed by atoms with Gasteiger partial charge >= 0.3 is 0 Å². The molecular formula is C12H11N2O2+. The maximum Gasteiger partial charge on any atom is 0.295 e. The minimum atomic E-state index is 0.369. The van der Waals surface area contributed by atoms with Crippen LogP contribution in [0.2, 0.25) is 0 Å². The molecule has 2 rings (SSSR count). The highest BCUT2D eigenvalue weighted by Gasteiger charge is 2.23. The number of nitrogens with zero attached hydrogens (tertiary/aromatic N) is 2. The van der Waals surface area contributed by atoms with Gasteiger partial charge in [0, 0.05) is 17.3 Å². The lowest BCUT2D eigenvalue weighted by Crippen LogP contribution is -2.26. The number of benzene rings is 2. The number of rotatable bonds is 3. The van der Waals surface area contributed by atoms with Gasteiger partial charge in [0.2, 0.25) is 0 Å². The van der Waals surface area contributed by atoms with Crippen molar-refractivity contribution in [3.8, 4) is 0 Å². The van der Waals surface area contributed by atoms with Gasteiger partial charge in [-0.05, 0) is 12.1 Å². The third kappa shape index (κ3) is 2.07. The number of anilines is 1. The Morgan fingerprint density at radius 1 is 0.875 bits per heavy atom. The van der Waals surface area contributed by atoms with E-state index in [-0.39, 0.29) is 0 Å². The Balaban J connectivity index is 2.24. The van der Waals surface area contributed by atoms with Crippen molar-refractivity contribution in [2.45, 2.75) is 0 Å². The van der Waals surface area contributed by atoms with Crippen LogP contribution in [0, 0.1) is 4.91 Å². The molecule has 0 aliphatic carbocycles. The monoisotopic (exact) mass is 215 g/mol. The van der Waals surface area contributed by atoms with Crippen LogP contribution in [0.25, 0.3) is 0 Å². The molecular weight excluding hydrogens is 204 g/mol. The highest BCUT2D eigenvalue weighted by molar-refractivity contribution is 5.41. The molecule has 0 aliphatic rings. The van der Waals surface area contributed by atoms with Gasteiger partial charge in [-0.15, -0.1) is 0 Å². The van der Waals surface area contributed by atoms with E-state index in [0.29, 0.717) is 21.4 Å². The molecule has 0 saturated carbocycles. The van der Waals surface area contributed by atoms with Gasteiger partial charge in [0.1, 0.15) is 5.69 Å². The molecule has 0 fully saturated rings. The van der Waals surface area contributed by atoms with E-state index in [0.717, 1.165) is 0 Å². The van der Waals surface area contributed by atoms with E-state index in [4.69, 9.17) is 0 Å². The second-order valence-corrected chi connectivity index (χ2v) is 3.23. The van der Waals surface area contributed by atoms with Gasteiger partial charge in [0.25, 0.3) is 5.69 Å². The maximum atomic E-state index is 11.7. The Hall–Kier alpha value is -2.20. The van der Waals surface area contributed by atoms with Crippen molar-refractivity contribution in [2.75, 3.05) is 5.17 Å². The molecule has 4 nitrogen and oxygen atoms in total. The van der Waals surface area contributed by atoms with Gasteiger partial charge in [-0.3, -0.25) is 0 Å². The van der Waals surface area contributed by atoms with E-state index < -0.39 is 0 Å². The molecule has 2 aromatic carbocycles. The summed E-state index contributed by atoms with van der Waals surface area (Å²) in [6, 6.07) is 17.1. The van der Waals surface area contributed by atoms with Crippen molar-refractivity contribution >= 4 is 11.4 Å². The highest BCUT2D eigenvalue weighted by Crippen LogP contribution is 2.17. The Labute approximate surface area is 92.9 Å². The molecule has 0 heterocycles. The highest BCUT2D eigenvalue weighted by atomic mass is 16.6. The van der Waals surface area contributed by atoms with Gasteiger partial charge in [0.05, 0.1) is 4.91 Å². The molecule has 0 aromatic heterocycles. The van der Waals surface area contributed by atoms with Crippen LogP contribution < -0.4 is 5.17 Å². The van der Waals surface area contributed by atoms with Gasteiger partial charge in [0.15, 0.2) is 4.87 Å². The quantitative estimate of drug-likeness (QED) is 0.632. The summed E-state index contributed by atoms with van der Waals surface area (Å²) >= 11 is 0. The third-order valence-electron chi connectivity index (χ3n) is 2.14. The van der Waals surface area contributed by atoms with Crippen LogP contribution in [0.15, 0.2) is 60.7 Å². The molecule has 0 aliphatic heterocycles. The molecule has 0 radical (unpaired) electrons. The third-order valence-corrected chi connectivity index (χ3v) is 2.14. The summed E-state index contributed by atoms with van der Waals surface area (Å²) in [6.45, 7) is 0.